The van der Waals surface area contributed by atoms with Crippen LogP contribution in [0.3, 0.4) is 0 Å². The second kappa shape index (κ2) is 10.8. The minimum Gasteiger partial charge on any atom is -0.339 e. The summed E-state index contributed by atoms with van der Waals surface area (Å²) in [6.45, 7) is 7.10. The van der Waals surface area contributed by atoms with Gasteiger partial charge in [-0.15, -0.1) is 0 Å². The molecule has 1 aliphatic heterocycles. The molecule has 0 radical (unpaired) electrons. The molecule has 1 saturated heterocycles. The summed E-state index contributed by atoms with van der Waals surface area (Å²) in [6.07, 6.45) is 4.30. The standard InChI is InChI=1S/C21H32N4O2/c1-19(26)25(15-12-22(2)3)18-21(27)24-16-13-23(14-17-24)11-7-10-20-8-5-4-6-9-20/h4-10H,11-18H2,1-3H3/b10-7+. The van der Waals surface area contributed by atoms with Gasteiger partial charge in [-0.2, -0.15) is 0 Å². The number of carbonyl (C=O) groups is 2. The van der Waals surface area contributed by atoms with Crippen molar-refractivity contribution in [2.75, 3.05) is 66.5 Å². The lowest BCUT2D eigenvalue weighted by Crippen LogP contribution is -2.52. The molecule has 0 N–H and O–H groups in total. The predicted octanol–water partition coefficient (Wildman–Crippen LogP) is 1.25. The van der Waals surface area contributed by atoms with Gasteiger partial charge >= 0.3 is 0 Å². The first-order valence-corrected chi connectivity index (χ1v) is 9.57. The van der Waals surface area contributed by atoms with E-state index in [1.807, 2.05) is 42.1 Å². The van der Waals surface area contributed by atoms with Gasteiger partial charge in [-0.25, -0.2) is 0 Å². The summed E-state index contributed by atoms with van der Waals surface area (Å²) in [5.74, 6) is -0.00156. The maximum absolute atomic E-state index is 12.5. The van der Waals surface area contributed by atoms with Crippen molar-refractivity contribution in [1.29, 1.82) is 0 Å². The smallest absolute Gasteiger partial charge is 0.242 e. The van der Waals surface area contributed by atoms with Crippen LogP contribution in [0.2, 0.25) is 0 Å². The molecule has 6 nitrogen and oxygen atoms in total. The molecule has 0 spiro atoms. The third-order valence-corrected chi connectivity index (χ3v) is 4.79. The molecular weight excluding hydrogens is 340 g/mol. The number of piperazine rings is 1. The summed E-state index contributed by atoms with van der Waals surface area (Å²) in [6, 6.07) is 10.3. The molecule has 0 aromatic heterocycles. The Hall–Kier alpha value is -2.18. The first-order chi connectivity index (χ1) is 13.0. The summed E-state index contributed by atoms with van der Waals surface area (Å²) in [7, 11) is 3.93. The Morgan fingerprint density at radius 1 is 1.04 bits per heavy atom. The molecule has 1 aromatic carbocycles. The van der Waals surface area contributed by atoms with Crippen molar-refractivity contribution in [3.63, 3.8) is 0 Å². The van der Waals surface area contributed by atoms with Crippen LogP contribution in [-0.4, -0.2) is 97.9 Å². The van der Waals surface area contributed by atoms with Gasteiger partial charge < -0.3 is 14.7 Å². The number of hydrogen-bond donors (Lipinski definition) is 0. The highest BCUT2D eigenvalue weighted by atomic mass is 16.2. The monoisotopic (exact) mass is 372 g/mol. The van der Waals surface area contributed by atoms with Gasteiger partial charge in [0.05, 0.1) is 6.54 Å². The third-order valence-electron chi connectivity index (χ3n) is 4.79. The van der Waals surface area contributed by atoms with Gasteiger partial charge in [-0.1, -0.05) is 42.5 Å². The zero-order valence-corrected chi connectivity index (χ0v) is 16.8. The van der Waals surface area contributed by atoms with Gasteiger partial charge in [0.1, 0.15) is 0 Å². The van der Waals surface area contributed by atoms with E-state index >= 15 is 0 Å². The molecule has 1 heterocycles. The zero-order valence-electron chi connectivity index (χ0n) is 16.8. The number of likely N-dealkylation sites (N-methyl/N-ethyl adjacent to an activating group) is 1. The molecule has 0 aliphatic carbocycles. The van der Waals surface area contributed by atoms with Crippen molar-refractivity contribution in [1.82, 2.24) is 19.6 Å². The molecular formula is C21H32N4O2. The summed E-state index contributed by atoms with van der Waals surface area (Å²) in [4.78, 5) is 32.2. The van der Waals surface area contributed by atoms with E-state index in [1.165, 1.54) is 12.5 Å². The number of hydrogen-bond acceptors (Lipinski definition) is 4. The average molecular weight is 373 g/mol. The molecule has 1 aliphatic rings. The van der Waals surface area contributed by atoms with Crippen molar-refractivity contribution in [2.24, 2.45) is 0 Å². The molecule has 0 atom stereocenters. The first-order valence-electron chi connectivity index (χ1n) is 9.57. The molecule has 0 bridgehead atoms. The summed E-state index contributed by atoms with van der Waals surface area (Å²) < 4.78 is 0. The van der Waals surface area contributed by atoms with E-state index in [9.17, 15) is 9.59 Å². The second-order valence-corrected chi connectivity index (χ2v) is 7.24. The van der Waals surface area contributed by atoms with Crippen LogP contribution >= 0.6 is 0 Å². The van der Waals surface area contributed by atoms with E-state index in [1.54, 1.807) is 4.90 Å². The average Bonchev–Trinajstić information content (AvgIpc) is 2.66. The third kappa shape index (κ3) is 7.53. The van der Waals surface area contributed by atoms with Crippen molar-refractivity contribution in [2.45, 2.75) is 6.92 Å². The minimum atomic E-state index is -0.0464. The number of carbonyl (C=O) groups excluding carboxylic acids is 2. The van der Waals surface area contributed by atoms with E-state index < -0.39 is 0 Å². The largest absolute Gasteiger partial charge is 0.339 e. The van der Waals surface area contributed by atoms with Crippen molar-refractivity contribution < 1.29 is 9.59 Å². The molecule has 2 amide bonds. The Labute approximate surface area is 163 Å². The first kappa shape index (κ1) is 21.1. The minimum absolute atomic E-state index is 0.0448. The second-order valence-electron chi connectivity index (χ2n) is 7.24. The number of benzene rings is 1. The van der Waals surface area contributed by atoms with Crippen LogP contribution in [0.1, 0.15) is 12.5 Å². The maximum Gasteiger partial charge on any atom is 0.242 e. The van der Waals surface area contributed by atoms with Crippen LogP contribution in [0.4, 0.5) is 0 Å². The SMILES string of the molecule is CC(=O)N(CCN(C)C)CC(=O)N1CCN(C/C=C/c2ccccc2)CC1. The van der Waals surface area contributed by atoms with E-state index in [0.717, 1.165) is 39.3 Å². The fraction of sp³-hybridized carbons (Fsp3) is 0.524. The fourth-order valence-electron chi connectivity index (χ4n) is 3.01. The van der Waals surface area contributed by atoms with E-state index in [4.69, 9.17) is 0 Å². The van der Waals surface area contributed by atoms with Crippen molar-refractivity contribution in [3.8, 4) is 0 Å². The van der Waals surface area contributed by atoms with Gasteiger partial charge in [0.25, 0.3) is 0 Å². The normalized spacial score (nSPS) is 15.5. The molecule has 2 rings (SSSR count). The lowest BCUT2D eigenvalue weighted by molar-refractivity contribution is -0.140. The van der Waals surface area contributed by atoms with Gasteiger partial charge in [0, 0.05) is 52.7 Å². The molecule has 27 heavy (non-hydrogen) atoms. The molecule has 1 aromatic rings. The zero-order chi connectivity index (χ0) is 19.6. The number of nitrogens with zero attached hydrogens (tertiary/aromatic N) is 4. The molecule has 1 fully saturated rings. The van der Waals surface area contributed by atoms with Crippen LogP contribution in [0.25, 0.3) is 6.08 Å². The Morgan fingerprint density at radius 3 is 2.30 bits per heavy atom. The Kier molecular flexibility index (Phi) is 8.48. The van der Waals surface area contributed by atoms with E-state index in [0.29, 0.717) is 6.54 Å². The Balaban J connectivity index is 1.74. The highest BCUT2D eigenvalue weighted by Crippen LogP contribution is 2.06. The number of rotatable bonds is 8. The quantitative estimate of drug-likeness (QED) is 0.689. The Morgan fingerprint density at radius 2 is 1.70 bits per heavy atom. The van der Waals surface area contributed by atoms with Crippen LogP contribution in [0.15, 0.2) is 36.4 Å². The molecule has 0 saturated carbocycles. The van der Waals surface area contributed by atoms with E-state index in [2.05, 4.69) is 29.2 Å². The van der Waals surface area contributed by atoms with Gasteiger partial charge in [-0.3, -0.25) is 14.5 Å². The molecule has 0 unspecified atom stereocenters. The van der Waals surface area contributed by atoms with Crippen LogP contribution in [0.5, 0.6) is 0 Å². The van der Waals surface area contributed by atoms with Crippen LogP contribution in [-0.2, 0) is 9.59 Å². The summed E-state index contributed by atoms with van der Waals surface area (Å²) in [5.41, 5.74) is 1.20. The number of amides is 2. The van der Waals surface area contributed by atoms with Crippen LogP contribution in [0, 0.1) is 0 Å². The fourth-order valence-corrected chi connectivity index (χ4v) is 3.01. The Bertz CT molecular complexity index is 622. The highest BCUT2D eigenvalue weighted by Gasteiger charge is 2.23. The summed E-state index contributed by atoms with van der Waals surface area (Å²) in [5, 5.41) is 0. The lowest BCUT2D eigenvalue weighted by Gasteiger charge is -2.35. The predicted molar refractivity (Wildman–Crippen MR) is 109 cm³/mol. The molecule has 148 valence electrons. The van der Waals surface area contributed by atoms with Crippen molar-refractivity contribution in [3.05, 3.63) is 42.0 Å². The maximum atomic E-state index is 12.5. The summed E-state index contributed by atoms with van der Waals surface area (Å²) >= 11 is 0. The van der Waals surface area contributed by atoms with Crippen LogP contribution < -0.4 is 0 Å². The lowest BCUT2D eigenvalue weighted by atomic mass is 10.2. The highest BCUT2D eigenvalue weighted by molar-refractivity contribution is 5.83. The van der Waals surface area contributed by atoms with E-state index in [-0.39, 0.29) is 18.4 Å². The van der Waals surface area contributed by atoms with Gasteiger partial charge in [0.2, 0.25) is 11.8 Å². The topological polar surface area (TPSA) is 47.1 Å². The van der Waals surface area contributed by atoms with Crippen molar-refractivity contribution >= 4 is 17.9 Å². The van der Waals surface area contributed by atoms with Gasteiger partial charge in [0.15, 0.2) is 0 Å². The van der Waals surface area contributed by atoms with Gasteiger partial charge in [-0.05, 0) is 19.7 Å². The molecule has 6 heteroatoms.